The zero-order chi connectivity index (χ0) is 25.8. The van der Waals surface area contributed by atoms with Crippen molar-refractivity contribution in [2.24, 2.45) is 15.9 Å². The van der Waals surface area contributed by atoms with E-state index in [0.29, 0.717) is 42.2 Å². The van der Waals surface area contributed by atoms with Gasteiger partial charge < -0.3 is 25.1 Å². The number of piperidine rings is 1. The number of hydrogen-bond donors (Lipinski definition) is 2. The largest absolute Gasteiger partial charge is 0.487 e. The number of amides is 3. The third-order valence-electron chi connectivity index (χ3n) is 6.65. The summed E-state index contributed by atoms with van der Waals surface area (Å²) >= 11 is 0. The van der Waals surface area contributed by atoms with Crippen molar-refractivity contribution in [3.63, 3.8) is 0 Å². The molecule has 192 valence electrons. The van der Waals surface area contributed by atoms with Crippen LogP contribution in [0.25, 0.3) is 0 Å². The summed E-state index contributed by atoms with van der Waals surface area (Å²) in [6.45, 7) is 3.34. The predicted molar refractivity (Wildman–Crippen MR) is 137 cm³/mol. The molecule has 0 aromatic heterocycles. The zero-order valence-corrected chi connectivity index (χ0v) is 20.3. The van der Waals surface area contributed by atoms with Crippen LogP contribution in [0.2, 0.25) is 0 Å². The number of hydrazone groups is 1. The number of nitrogens with one attached hydrogen (secondary N) is 1. The van der Waals surface area contributed by atoms with E-state index in [4.69, 9.17) is 15.3 Å². The number of imide groups is 1. The van der Waals surface area contributed by atoms with Crippen LogP contribution in [0.5, 0.6) is 5.75 Å². The summed E-state index contributed by atoms with van der Waals surface area (Å²) < 4.78 is 11.4. The fraction of sp³-hybridized carbons (Fsp3) is 0.346. The number of hydrogen-bond acceptors (Lipinski definition) is 9. The number of nitrogens with zero attached hydrogens (tertiary/aromatic N) is 4. The van der Waals surface area contributed by atoms with E-state index in [9.17, 15) is 14.4 Å². The normalized spacial score (nSPS) is 20.4. The third-order valence-corrected chi connectivity index (χ3v) is 6.65. The number of benzene rings is 2. The summed E-state index contributed by atoms with van der Waals surface area (Å²) in [5, 5.41) is 6.11. The van der Waals surface area contributed by atoms with Crippen molar-refractivity contribution in [3.8, 4) is 5.75 Å². The van der Waals surface area contributed by atoms with Crippen LogP contribution >= 0.6 is 0 Å². The van der Waals surface area contributed by atoms with Crippen molar-refractivity contribution in [2.75, 3.05) is 37.8 Å². The Morgan fingerprint density at radius 2 is 1.97 bits per heavy atom. The van der Waals surface area contributed by atoms with Gasteiger partial charge in [0.2, 0.25) is 11.8 Å². The van der Waals surface area contributed by atoms with E-state index < -0.39 is 11.9 Å². The van der Waals surface area contributed by atoms with Gasteiger partial charge in [-0.25, -0.2) is 0 Å². The molecule has 2 saturated heterocycles. The molecule has 3 heterocycles. The van der Waals surface area contributed by atoms with Crippen molar-refractivity contribution in [1.82, 2.24) is 10.2 Å². The zero-order valence-electron chi connectivity index (χ0n) is 20.3. The Morgan fingerprint density at radius 1 is 1.16 bits per heavy atom. The van der Waals surface area contributed by atoms with Crippen molar-refractivity contribution in [3.05, 3.63) is 53.6 Å². The van der Waals surface area contributed by atoms with Crippen molar-refractivity contribution < 1.29 is 23.9 Å². The minimum absolute atomic E-state index is 0.0478. The number of aliphatic imine (C=N–C) groups is 1. The number of ether oxygens (including phenoxy) is 2. The van der Waals surface area contributed by atoms with E-state index in [1.807, 2.05) is 24.3 Å². The highest BCUT2D eigenvalue weighted by molar-refractivity contribution is 6.31. The first kappa shape index (κ1) is 24.4. The van der Waals surface area contributed by atoms with Gasteiger partial charge >= 0.3 is 0 Å². The lowest BCUT2D eigenvalue weighted by atomic mass is 10.0. The standard InChI is InChI=1S/C26H28N6O5/c27-30-18(14-28-17-3-1-4-19(13-17)31-9-11-36-12-10-31)16-37-23-6-2-5-20-21(23)15-32(26(20)35)22-7-8-24(33)29-25(22)34/h1-6,13-14,22H,7-12,15-16,27H2,(H,29,33,34). The summed E-state index contributed by atoms with van der Waals surface area (Å²) in [4.78, 5) is 45.1. The van der Waals surface area contributed by atoms with Gasteiger partial charge in [-0.3, -0.25) is 24.7 Å². The van der Waals surface area contributed by atoms with E-state index >= 15 is 0 Å². The van der Waals surface area contributed by atoms with Crippen LogP contribution in [0.1, 0.15) is 28.8 Å². The van der Waals surface area contributed by atoms with Gasteiger partial charge in [-0.1, -0.05) is 12.1 Å². The molecule has 3 aliphatic rings. The molecule has 1 atom stereocenters. The minimum Gasteiger partial charge on any atom is -0.487 e. The smallest absolute Gasteiger partial charge is 0.255 e. The van der Waals surface area contributed by atoms with E-state index in [2.05, 4.69) is 20.3 Å². The number of carbonyl (C=O) groups excluding carboxylic acids is 3. The molecule has 0 bridgehead atoms. The molecule has 0 spiro atoms. The van der Waals surface area contributed by atoms with Crippen molar-refractivity contribution in [2.45, 2.75) is 25.4 Å². The summed E-state index contributed by atoms with van der Waals surface area (Å²) in [7, 11) is 0. The summed E-state index contributed by atoms with van der Waals surface area (Å²) in [5.74, 6) is 5.06. The second kappa shape index (κ2) is 10.8. The highest BCUT2D eigenvalue weighted by Crippen LogP contribution is 2.33. The molecular weight excluding hydrogens is 476 g/mol. The van der Waals surface area contributed by atoms with Gasteiger partial charge in [-0.2, -0.15) is 5.10 Å². The minimum atomic E-state index is -0.688. The highest BCUT2D eigenvalue weighted by atomic mass is 16.5. The van der Waals surface area contributed by atoms with Crippen LogP contribution in [0.4, 0.5) is 11.4 Å². The van der Waals surface area contributed by atoms with Crippen molar-refractivity contribution >= 4 is 41.0 Å². The fourth-order valence-corrected chi connectivity index (χ4v) is 4.69. The quantitative estimate of drug-likeness (QED) is 0.251. The molecule has 11 nitrogen and oxygen atoms in total. The molecule has 2 aromatic rings. The average Bonchev–Trinajstić information content (AvgIpc) is 3.26. The molecule has 0 radical (unpaired) electrons. The lowest BCUT2D eigenvalue weighted by Gasteiger charge is -2.29. The first-order valence-corrected chi connectivity index (χ1v) is 12.2. The van der Waals surface area contributed by atoms with Gasteiger partial charge in [0, 0.05) is 36.3 Å². The Bertz CT molecular complexity index is 1270. The van der Waals surface area contributed by atoms with Crippen LogP contribution in [0, 0.1) is 0 Å². The van der Waals surface area contributed by atoms with E-state index in [0.717, 1.165) is 24.5 Å². The second-order valence-corrected chi connectivity index (χ2v) is 8.97. The number of nitrogens with two attached hydrogens (primary N) is 1. The molecule has 3 amide bonds. The SMILES string of the molecule is NN=C(C=Nc1cccc(N2CCOCC2)c1)COc1cccc2c1CN(C1CCC(=O)NC1=O)C2=O. The Morgan fingerprint density at radius 3 is 2.76 bits per heavy atom. The maximum absolute atomic E-state index is 13.0. The van der Waals surface area contributed by atoms with Gasteiger partial charge in [0.15, 0.2) is 0 Å². The number of morpholine rings is 1. The number of fused-ring (bicyclic) bond motifs is 1. The molecule has 11 heteroatoms. The molecule has 5 rings (SSSR count). The number of carbonyl (C=O) groups is 3. The number of rotatable bonds is 7. The Kier molecular flexibility index (Phi) is 7.13. The second-order valence-electron chi connectivity index (χ2n) is 8.97. The van der Waals surface area contributed by atoms with Crippen LogP contribution in [0.15, 0.2) is 52.6 Å². The first-order chi connectivity index (χ1) is 18.0. The fourth-order valence-electron chi connectivity index (χ4n) is 4.69. The first-order valence-electron chi connectivity index (χ1n) is 12.2. The molecule has 2 fully saturated rings. The maximum Gasteiger partial charge on any atom is 0.255 e. The van der Waals surface area contributed by atoms with E-state index in [-0.39, 0.29) is 31.4 Å². The Labute approximate surface area is 213 Å². The molecule has 3 aliphatic heterocycles. The van der Waals surface area contributed by atoms with Gasteiger partial charge in [-0.05, 0) is 36.8 Å². The monoisotopic (exact) mass is 504 g/mol. The summed E-state index contributed by atoms with van der Waals surface area (Å²) in [5.41, 5.74) is 3.41. The van der Waals surface area contributed by atoms with Crippen molar-refractivity contribution in [1.29, 1.82) is 0 Å². The van der Waals surface area contributed by atoms with Crippen LogP contribution in [0.3, 0.4) is 0 Å². The van der Waals surface area contributed by atoms with Crippen LogP contribution in [-0.4, -0.2) is 73.5 Å². The summed E-state index contributed by atoms with van der Waals surface area (Å²) in [6, 6.07) is 12.4. The maximum atomic E-state index is 13.0. The van der Waals surface area contributed by atoms with Gasteiger partial charge in [0.1, 0.15) is 24.1 Å². The lowest BCUT2D eigenvalue weighted by molar-refractivity contribution is -0.136. The number of anilines is 1. The van der Waals surface area contributed by atoms with Gasteiger partial charge in [0.05, 0.1) is 31.7 Å². The topological polar surface area (TPSA) is 139 Å². The molecule has 0 saturated carbocycles. The van der Waals surface area contributed by atoms with E-state index in [1.165, 1.54) is 4.90 Å². The van der Waals surface area contributed by atoms with Gasteiger partial charge in [0.25, 0.3) is 5.91 Å². The molecule has 37 heavy (non-hydrogen) atoms. The summed E-state index contributed by atoms with van der Waals surface area (Å²) in [6.07, 6.45) is 2.06. The molecule has 2 aromatic carbocycles. The highest BCUT2D eigenvalue weighted by Gasteiger charge is 2.40. The molecular formula is C26H28N6O5. The Balaban J connectivity index is 1.24. The molecule has 3 N–H and O–H groups in total. The molecule has 0 aliphatic carbocycles. The van der Waals surface area contributed by atoms with Crippen LogP contribution in [-0.2, 0) is 20.9 Å². The lowest BCUT2D eigenvalue weighted by Crippen LogP contribution is -2.52. The Hall–Kier alpha value is -4.25. The predicted octanol–water partition coefficient (Wildman–Crippen LogP) is 1.38. The van der Waals surface area contributed by atoms with Gasteiger partial charge in [-0.15, -0.1) is 0 Å². The van der Waals surface area contributed by atoms with E-state index in [1.54, 1.807) is 24.4 Å². The third kappa shape index (κ3) is 5.31. The van der Waals surface area contributed by atoms with Crippen LogP contribution < -0.4 is 20.8 Å². The molecule has 1 unspecified atom stereocenters. The average molecular weight is 505 g/mol.